The molecule has 0 aliphatic carbocycles. The first kappa shape index (κ1) is 12.2. The van der Waals surface area contributed by atoms with Crippen LogP contribution >= 0.6 is 0 Å². The SMILES string of the molecule is CCC(C)(C(O)c1ccccc1)N(C)C. The Bertz CT molecular complexity index is 297. The second kappa shape index (κ2) is 4.77. The fourth-order valence-corrected chi connectivity index (χ4v) is 1.75. The van der Waals surface area contributed by atoms with E-state index in [-0.39, 0.29) is 5.54 Å². The summed E-state index contributed by atoms with van der Waals surface area (Å²) in [7, 11) is 4.02. The van der Waals surface area contributed by atoms with E-state index in [2.05, 4.69) is 18.7 Å². The van der Waals surface area contributed by atoms with Gasteiger partial charge in [0.2, 0.25) is 0 Å². The summed E-state index contributed by atoms with van der Waals surface area (Å²) >= 11 is 0. The van der Waals surface area contributed by atoms with Gasteiger partial charge in [0.05, 0.1) is 6.10 Å². The van der Waals surface area contributed by atoms with Crippen molar-refractivity contribution in [3.8, 4) is 0 Å². The van der Waals surface area contributed by atoms with E-state index in [4.69, 9.17) is 0 Å². The molecule has 1 aromatic carbocycles. The zero-order valence-corrected chi connectivity index (χ0v) is 10.1. The normalized spacial score (nSPS) is 17.5. The standard InChI is InChI=1S/C13H21NO/c1-5-13(2,14(3)4)12(15)11-9-7-6-8-10-11/h6-10,12,15H,5H2,1-4H3. The van der Waals surface area contributed by atoms with Crippen molar-refractivity contribution in [1.82, 2.24) is 4.90 Å². The zero-order chi connectivity index (χ0) is 11.5. The van der Waals surface area contributed by atoms with E-state index in [1.807, 2.05) is 44.4 Å². The van der Waals surface area contributed by atoms with E-state index < -0.39 is 6.10 Å². The lowest BCUT2D eigenvalue weighted by Gasteiger charge is -2.40. The van der Waals surface area contributed by atoms with Crippen LogP contribution in [0.15, 0.2) is 30.3 Å². The predicted octanol–water partition coefficient (Wildman–Crippen LogP) is 2.45. The second-order valence-corrected chi connectivity index (χ2v) is 4.42. The highest BCUT2D eigenvalue weighted by Gasteiger charge is 2.34. The van der Waals surface area contributed by atoms with Crippen LogP contribution in [0.4, 0.5) is 0 Å². The van der Waals surface area contributed by atoms with Crippen molar-refractivity contribution in [2.24, 2.45) is 0 Å². The van der Waals surface area contributed by atoms with Gasteiger partial charge in [-0.05, 0) is 33.0 Å². The van der Waals surface area contributed by atoms with Gasteiger partial charge >= 0.3 is 0 Å². The molecule has 0 aromatic heterocycles. The van der Waals surface area contributed by atoms with Gasteiger partial charge in [-0.25, -0.2) is 0 Å². The van der Waals surface area contributed by atoms with E-state index in [0.717, 1.165) is 12.0 Å². The Labute approximate surface area is 92.5 Å². The lowest BCUT2D eigenvalue weighted by Crippen LogP contribution is -2.46. The minimum atomic E-state index is -0.446. The third-order valence-corrected chi connectivity index (χ3v) is 3.44. The van der Waals surface area contributed by atoms with E-state index in [0.29, 0.717) is 0 Å². The van der Waals surface area contributed by atoms with Crippen LogP contribution in [0.5, 0.6) is 0 Å². The summed E-state index contributed by atoms with van der Waals surface area (Å²) in [5.41, 5.74) is 0.775. The number of benzene rings is 1. The van der Waals surface area contributed by atoms with Crippen molar-refractivity contribution in [2.75, 3.05) is 14.1 Å². The number of nitrogens with zero attached hydrogens (tertiary/aromatic N) is 1. The number of rotatable bonds is 4. The highest BCUT2D eigenvalue weighted by molar-refractivity contribution is 5.20. The monoisotopic (exact) mass is 207 g/mol. The van der Waals surface area contributed by atoms with Crippen molar-refractivity contribution < 1.29 is 5.11 Å². The van der Waals surface area contributed by atoms with Gasteiger partial charge in [-0.2, -0.15) is 0 Å². The van der Waals surface area contributed by atoms with Gasteiger partial charge in [-0.15, -0.1) is 0 Å². The first-order valence-electron chi connectivity index (χ1n) is 5.42. The lowest BCUT2D eigenvalue weighted by atomic mass is 9.86. The molecule has 0 bridgehead atoms. The van der Waals surface area contributed by atoms with Crippen molar-refractivity contribution in [1.29, 1.82) is 0 Å². The van der Waals surface area contributed by atoms with E-state index in [1.54, 1.807) is 0 Å². The quantitative estimate of drug-likeness (QED) is 0.819. The third kappa shape index (κ3) is 2.39. The van der Waals surface area contributed by atoms with Gasteiger partial charge in [0, 0.05) is 5.54 Å². The summed E-state index contributed by atoms with van der Waals surface area (Å²) in [4.78, 5) is 2.09. The molecule has 0 aliphatic rings. The molecule has 2 heteroatoms. The zero-order valence-electron chi connectivity index (χ0n) is 10.1. The molecule has 15 heavy (non-hydrogen) atoms. The summed E-state index contributed by atoms with van der Waals surface area (Å²) in [5, 5.41) is 10.4. The van der Waals surface area contributed by atoms with Crippen LogP contribution in [0.2, 0.25) is 0 Å². The van der Waals surface area contributed by atoms with Crippen LogP contribution in [-0.4, -0.2) is 29.6 Å². The highest BCUT2D eigenvalue weighted by atomic mass is 16.3. The summed E-state index contributed by atoms with van der Waals surface area (Å²) in [5.74, 6) is 0. The highest BCUT2D eigenvalue weighted by Crippen LogP contribution is 2.32. The Balaban J connectivity index is 2.97. The van der Waals surface area contributed by atoms with E-state index in [9.17, 15) is 5.11 Å². The maximum atomic E-state index is 10.4. The van der Waals surface area contributed by atoms with Crippen LogP contribution in [0.25, 0.3) is 0 Å². The molecule has 2 atom stereocenters. The maximum Gasteiger partial charge on any atom is 0.0970 e. The molecule has 84 valence electrons. The first-order valence-corrected chi connectivity index (χ1v) is 5.42. The minimum Gasteiger partial charge on any atom is -0.386 e. The molecule has 0 radical (unpaired) electrons. The summed E-state index contributed by atoms with van der Waals surface area (Å²) in [6, 6.07) is 9.84. The Morgan fingerprint density at radius 3 is 2.20 bits per heavy atom. The van der Waals surface area contributed by atoms with Crippen LogP contribution < -0.4 is 0 Å². The molecular weight excluding hydrogens is 186 g/mol. The van der Waals surface area contributed by atoms with Gasteiger partial charge in [0.25, 0.3) is 0 Å². The molecule has 1 aromatic rings. The molecule has 1 N–H and O–H groups in total. The average Bonchev–Trinajstić information content (AvgIpc) is 2.28. The fourth-order valence-electron chi connectivity index (χ4n) is 1.75. The van der Waals surface area contributed by atoms with Crippen LogP contribution in [0.3, 0.4) is 0 Å². The average molecular weight is 207 g/mol. The van der Waals surface area contributed by atoms with Gasteiger partial charge in [0.15, 0.2) is 0 Å². The Morgan fingerprint density at radius 2 is 1.80 bits per heavy atom. The number of hydrogen-bond donors (Lipinski definition) is 1. The maximum absolute atomic E-state index is 10.4. The Kier molecular flexibility index (Phi) is 3.89. The lowest BCUT2D eigenvalue weighted by molar-refractivity contribution is 0.000869. The molecule has 0 heterocycles. The van der Waals surface area contributed by atoms with Gasteiger partial charge in [-0.3, -0.25) is 0 Å². The van der Waals surface area contributed by atoms with Crippen molar-refractivity contribution in [3.63, 3.8) is 0 Å². The number of likely N-dealkylation sites (N-methyl/N-ethyl adjacent to an activating group) is 1. The predicted molar refractivity (Wildman–Crippen MR) is 63.8 cm³/mol. The Morgan fingerprint density at radius 1 is 1.27 bits per heavy atom. The topological polar surface area (TPSA) is 23.5 Å². The molecule has 2 nitrogen and oxygen atoms in total. The van der Waals surface area contributed by atoms with Crippen LogP contribution in [-0.2, 0) is 0 Å². The first-order chi connectivity index (χ1) is 7.02. The molecule has 1 rings (SSSR count). The largest absolute Gasteiger partial charge is 0.386 e. The summed E-state index contributed by atoms with van der Waals surface area (Å²) in [6.45, 7) is 4.19. The molecule has 0 spiro atoms. The minimum absolute atomic E-state index is 0.207. The molecule has 0 aliphatic heterocycles. The third-order valence-electron chi connectivity index (χ3n) is 3.44. The van der Waals surface area contributed by atoms with Gasteiger partial charge in [0.1, 0.15) is 0 Å². The van der Waals surface area contributed by atoms with E-state index in [1.165, 1.54) is 0 Å². The van der Waals surface area contributed by atoms with Gasteiger partial charge < -0.3 is 10.0 Å². The molecule has 2 unspecified atom stereocenters. The van der Waals surface area contributed by atoms with Crippen LogP contribution in [0, 0.1) is 0 Å². The smallest absolute Gasteiger partial charge is 0.0970 e. The summed E-state index contributed by atoms with van der Waals surface area (Å²) in [6.07, 6.45) is 0.467. The number of aliphatic hydroxyl groups is 1. The Hall–Kier alpha value is -0.860. The molecular formula is C13H21NO. The van der Waals surface area contributed by atoms with Gasteiger partial charge in [-0.1, -0.05) is 37.3 Å². The second-order valence-electron chi connectivity index (χ2n) is 4.42. The molecule has 0 saturated heterocycles. The van der Waals surface area contributed by atoms with E-state index >= 15 is 0 Å². The van der Waals surface area contributed by atoms with Crippen LogP contribution in [0.1, 0.15) is 31.9 Å². The van der Waals surface area contributed by atoms with Crippen molar-refractivity contribution >= 4 is 0 Å². The van der Waals surface area contributed by atoms with Crippen molar-refractivity contribution in [2.45, 2.75) is 31.9 Å². The molecule has 0 fully saturated rings. The number of hydrogen-bond acceptors (Lipinski definition) is 2. The summed E-state index contributed by atoms with van der Waals surface area (Å²) < 4.78 is 0. The number of aliphatic hydroxyl groups excluding tert-OH is 1. The van der Waals surface area contributed by atoms with Crippen molar-refractivity contribution in [3.05, 3.63) is 35.9 Å². The molecule has 0 amide bonds. The fraction of sp³-hybridized carbons (Fsp3) is 0.538. The molecule has 0 saturated carbocycles.